The van der Waals surface area contributed by atoms with E-state index in [0.29, 0.717) is 16.3 Å². The van der Waals surface area contributed by atoms with E-state index in [4.69, 9.17) is 4.74 Å². The highest BCUT2D eigenvalue weighted by Crippen LogP contribution is 2.32. The number of nitrogens with zero attached hydrogens (tertiary/aromatic N) is 1. The molecule has 1 aliphatic heterocycles. The summed E-state index contributed by atoms with van der Waals surface area (Å²) in [7, 11) is 1.58. The summed E-state index contributed by atoms with van der Waals surface area (Å²) in [5.41, 5.74) is 2.58. The smallest absolute Gasteiger partial charge is 0.293 e. The Hall–Kier alpha value is -3.06. The van der Waals surface area contributed by atoms with Gasteiger partial charge in [0.15, 0.2) is 0 Å². The van der Waals surface area contributed by atoms with Crippen molar-refractivity contribution in [2.45, 2.75) is 13.3 Å². The number of amides is 3. The van der Waals surface area contributed by atoms with Crippen LogP contribution < -0.4 is 10.1 Å². The normalized spacial score (nSPS) is 15.2. The number of aryl methyl sites for hydroxylation is 1. The lowest BCUT2D eigenvalue weighted by Crippen LogP contribution is -2.31. The van der Waals surface area contributed by atoms with E-state index in [9.17, 15) is 14.4 Å². The van der Waals surface area contributed by atoms with Gasteiger partial charge in [-0.15, -0.1) is 0 Å². The number of imide groups is 1. The van der Waals surface area contributed by atoms with E-state index in [-0.39, 0.29) is 30.0 Å². The second kappa shape index (κ2) is 8.75. The standard InChI is InChI=1S/C21H20N2O4S/c1-14-3-7-16(8-4-14)22-19(24)11-12-23-20(25)18(28-21(23)26)13-15-5-9-17(27-2)10-6-15/h3-10,13H,11-12H2,1-2H3,(H,22,24)/b18-13+. The van der Waals surface area contributed by atoms with Crippen LogP contribution in [0.3, 0.4) is 0 Å². The van der Waals surface area contributed by atoms with E-state index < -0.39 is 0 Å². The Balaban J connectivity index is 1.59. The summed E-state index contributed by atoms with van der Waals surface area (Å²) in [5.74, 6) is 0.0841. The van der Waals surface area contributed by atoms with Crippen molar-refractivity contribution >= 4 is 40.6 Å². The fourth-order valence-corrected chi connectivity index (χ4v) is 3.48. The van der Waals surface area contributed by atoms with Crippen LogP contribution in [0.5, 0.6) is 5.75 Å². The molecule has 1 heterocycles. The van der Waals surface area contributed by atoms with Gasteiger partial charge in [0.25, 0.3) is 11.1 Å². The van der Waals surface area contributed by atoms with Crippen LogP contribution in [-0.2, 0) is 9.59 Å². The second-order valence-corrected chi connectivity index (χ2v) is 7.26. The number of carbonyl (C=O) groups excluding carboxylic acids is 3. The number of benzene rings is 2. The number of methoxy groups -OCH3 is 1. The van der Waals surface area contributed by atoms with Gasteiger partial charge >= 0.3 is 0 Å². The fraction of sp³-hybridized carbons (Fsp3) is 0.190. The first-order valence-corrected chi connectivity index (χ1v) is 9.54. The van der Waals surface area contributed by atoms with Gasteiger partial charge in [0.05, 0.1) is 12.0 Å². The van der Waals surface area contributed by atoms with Gasteiger partial charge < -0.3 is 10.1 Å². The van der Waals surface area contributed by atoms with Crippen LogP contribution in [0, 0.1) is 6.92 Å². The summed E-state index contributed by atoms with van der Waals surface area (Å²) in [5, 5.41) is 2.40. The van der Waals surface area contributed by atoms with Crippen LogP contribution in [0.1, 0.15) is 17.5 Å². The zero-order chi connectivity index (χ0) is 20.1. The van der Waals surface area contributed by atoms with Crippen LogP contribution in [0.4, 0.5) is 10.5 Å². The molecule has 0 atom stereocenters. The zero-order valence-electron chi connectivity index (χ0n) is 15.6. The van der Waals surface area contributed by atoms with Gasteiger partial charge in [-0.2, -0.15) is 0 Å². The van der Waals surface area contributed by atoms with Crippen molar-refractivity contribution in [3.63, 3.8) is 0 Å². The minimum absolute atomic E-state index is 0.0434. The maximum atomic E-state index is 12.5. The third-order valence-electron chi connectivity index (χ3n) is 4.18. The monoisotopic (exact) mass is 396 g/mol. The lowest BCUT2D eigenvalue weighted by atomic mass is 10.2. The van der Waals surface area contributed by atoms with Crippen LogP contribution in [-0.4, -0.2) is 35.6 Å². The molecular weight excluding hydrogens is 376 g/mol. The zero-order valence-corrected chi connectivity index (χ0v) is 16.4. The predicted molar refractivity (Wildman–Crippen MR) is 110 cm³/mol. The number of hydrogen-bond donors (Lipinski definition) is 1. The second-order valence-electron chi connectivity index (χ2n) is 6.27. The molecule has 2 aromatic carbocycles. The average Bonchev–Trinajstić information content (AvgIpc) is 2.95. The van der Waals surface area contributed by atoms with Crippen LogP contribution in [0.15, 0.2) is 53.4 Å². The Bertz CT molecular complexity index is 920. The molecular formula is C21H20N2O4S. The molecule has 28 heavy (non-hydrogen) atoms. The van der Waals surface area contributed by atoms with Crippen LogP contribution in [0.2, 0.25) is 0 Å². The first kappa shape index (κ1) is 19.7. The molecule has 3 amide bonds. The minimum atomic E-state index is -0.381. The molecule has 1 saturated heterocycles. The summed E-state index contributed by atoms with van der Waals surface area (Å²) in [6, 6.07) is 14.6. The maximum absolute atomic E-state index is 12.5. The first-order chi connectivity index (χ1) is 13.5. The van der Waals surface area contributed by atoms with Crippen LogP contribution in [0.25, 0.3) is 6.08 Å². The Morgan fingerprint density at radius 3 is 2.43 bits per heavy atom. The van der Waals surface area contributed by atoms with Crippen molar-refractivity contribution in [2.75, 3.05) is 19.0 Å². The van der Waals surface area contributed by atoms with Crippen molar-refractivity contribution < 1.29 is 19.1 Å². The molecule has 0 radical (unpaired) electrons. The summed E-state index contributed by atoms with van der Waals surface area (Å²) < 4.78 is 5.10. The summed E-state index contributed by atoms with van der Waals surface area (Å²) in [6.45, 7) is 2.01. The number of nitrogens with one attached hydrogen (secondary N) is 1. The highest BCUT2D eigenvalue weighted by molar-refractivity contribution is 8.18. The molecule has 1 fully saturated rings. The largest absolute Gasteiger partial charge is 0.497 e. The summed E-state index contributed by atoms with van der Waals surface area (Å²) in [4.78, 5) is 38.2. The number of ether oxygens (including phenoxy) is 1. The predicted octanol–water partition coefficient (Wildman–Crippen LogP) is 4.07. The van der Waals surface area contributed by atoms with Crippen molar-refractivity contribution in [3.8, 4) is 5.75 Å². The third-order valence-corrected chi connectivity index (χ3v) is 5.09. The molecule has 7 heteroatoms. The van der Waals surface area contributed by atoms with Crippen LogP contribution >= 0.6 is 11.8 Å². The topological polar surface area (TPSA) is 75.7 Å². The highest BCUT2D eigenvalue weighted by atomic mass is 32.2. The van der Waals surface area contributed by atoms with E-state index in [1.165, 1.54) is 0 Å². The Morgan fingerprint density at radius 1 is 1.11 bits per heavy atom. The first-order valence-electron chi connectivity index (χ1n) is 8.72. The molecule has 0 aliphatic carbocycles. The Morgan fingerprint density at radius 2 is 1.79 bits per heavy atom. The van der Waals surface area contributed by atoms with E-state index >= 15 is 0 Å². The lowest BCUT2D eigenvalue weighted by Gasteiger charge is -2.12. The molecule has 0 spiro atoms. The Labute approximate surface area is 167 Å². The summed E-state index contributed by atoms with van der Waals surface area (Å²) in [6.07, 6.45) is 1.71. The van der Waals surface area contributed by atoms with Crippen molar-refractivity contribution in [2.24, 2.45) is 0 Å². The molecule has 0 saturated carbocycles. The Kier molecular flexibility index (Phi) is 6.16. The molecule has 0 aromatic heterocycles. The molecule has 0 bridgehead atoms. The van der Waals surface area contributed by atoms with E-state index in [0.717, 1.165) is 27.8 Å². The van der Waals surface area contributed by atoms with Crippen molar-refractivity contribution in [3.05, 3.63) is 64.6 Å². The fourth-order valence-electron chi connectivity index (χ4n) is 2.62. The number of anilines is 1. The molecule has 6 nitrogen and oxygen atoms in total. The van der Waals surface area contributed by atoms with Gasteiger partial charge in [-0.1, -0.05) is 29.8 Å². The van der Waals surface area contributed by atoms with Gasteiger partial charge in [0.2, 0.25) is 5.91 Å². The maximum Gasteiger partial charge on any atom is 0.293 e. The summed E-state index contributed by atoms with van der Waals surface area (Å²) >= 11 is 0.879. The molecule has 0 unspecified atom stereocenters. The highest BCUT2D eigenvalue weighted by Gasteiger charge is 2.35. The molecule has 2 aromatic rings. The van der Waals surface area contributed by atoms with E-state index in [1.54, 1.807) is 25.3 Å². The van der Waals surface area contributed by atoms with Gasteiger partial charge in [0.1, 0.15) is 5.75 Å². The van der Waals surface area contributed by atoms with Gasteiger partial charge in [-0.25, -0.2) is 0 Å². The van der Waals surface area contributed by atoms with Crippen molar-refractivity contribution in [1.29, 1.82) is 0 Å². The average molecular weight is 396 g/mol. The van der Waals surface area contributed by atoms with Crippen molar-refractivity contribution in [1.82, 2.24) is 4.90 Å². The third kappa shape index (κ3) is 4.80. The van der Waals surface area contributed by atoms with E-state index in [2.05, 4.69) is 5.32 Å². The number of rotatable bonds is 6. The van der Waals surface area contributed by atoms with Gasteiger partial charge in [-0.05, 0) is 54.6 Å². The number of hydrogen-bond acceptors (Lipinski definition) is 5. The molecule has 1 N–H and O–H groups in total. The molecule has 3 rings (SSSR count). The SMILES string of the molecule is COc1ccc(/C=C2/SC(=O)N(CCC(=O)Nc3ccc(C)cc3)C2=O)cc1. The van der Waals surface area contributed by atoms with Gasteiger partial charge in [-0.3, -0.25) is 19.3 Å². The van der Waals surface area contributed by atoms with Gasteiger partial charge in [0, 0.05) is 18.7 Å². The lowest BCUT2D eigenvalue weighted by molar-refractivity contribution is -0.123. The number of thioether (sulfide) groups is 1. The molecule has 1 aliphatic rings. The minimum Gasteiger partial charge on any atom is -0.497 e. The van der Waals surface area contributed by atoms with E-state index in [1.807, 2.05) is 43.3 Å². The quantitative estimate of drug-likeness (QED) is 0.745. The number of carbonyl (C=O) groups is 3. The molecule has 144 valence electrons.